The van der Waals surface area contributed by atoms with E-state index in [1.807, 2.05) is 0 Å². The van der Waals surface area contributed by atoms with Crippen LogP contribution < -0.4 is 5.32 Å². The summed E-state index contributed by atoms with van der Waals surface area (Å²) in [4.78, 5) is 12.3. The number of benzene rings is 2. The lowest BCUT2D eigenvalue weighted by atomic mass is 10.1. The number of hydrogen-bond donors (Lipinski definition) is 1. The fourth-order valence-corrected chi connectivity index (χ4v) is 5.13. The maximum absolute atomic E-state index is 12.9. The zero-order valence-electron chi connectivity index (χ0n) is 14.2. The van der Waals surface area contributed by atoms with Crippen LogP contribution in [0.15, 0.2) is 47.4 Å². The molecule has 0 radical (unpaired) electrons. The van der Waals surface area contributed by atoms with Crippen molar-refractivity contribution in [2.24, 2.45) is 0 Å². The summed E-state index contributed by atoms with van der Waals surface area (Å²) in [5.74, 6) is -0.718. The summed E-state index contributed by atoms with van der Waals surface area (Å²) in [5, 5.41) is 3.36. The number of piperidine rings is 1. The van der Waals surface area contributed by atoms with E-state index in [0.29, 0.717) is 18.4 Å². The van der Waals surface area contributed by atoms with Gasteiger partial charge in [-0.2, -0.15) is 4.31 Å². The molecule has 1 aliphatic rings. The molecular weight excluding hydrogens is 414 g/mol. The highest BCUT2D eigenvalue weighted by Crippen LogP contribution is 2.26. The SMILES string of the molecule is O=C(NC1CCN(S(=O)(=O)c2cc(Cl)cc(Cl)c2)CC1)c1ccc(F)cc1. The molecule has 0 unspecified atom stereocenters. The largest absolute Gasteiger partial charge is 0.349 e. The highest BCUT2D eigenvalue weighted by atomic mass is 35.5. The van der Waals surface area contributed by atoms with Gasteiger partial charge in [0, 0.05) is 34.7 Å². The number of sulfonamides is 1. The summed E-state index contributed by atoms with van der Waals surface area (Å²) in [6.07, 6.45) is 0.945. The Morgan fingerprint density at radius 1 is 1.04 bits per heavy atom. The van der Waals surface area contributed by atoms with Crippen LogP contribution >= 0.6 is 23.2 Å². The molecule has 0 spiro atoms. The van der Waals surface area contributed by atoms with Crippen LogP contribution in [0.25, 0.3) is 0 Å². The van der Waals surface area contributed by atoms with E-state index < -0.39 is 15.8 Å². The molecule has 2 aromatic rings. The fraction of sp³-hybridized carbons (Fsp3) is 0.278. The maximum atomic E-state index is 12.9. The predicted octanol–water partition coefficient (Wildman–Crippen LogP) is 3.72. The van der Waals surface area contributed by atoms with Gasteiger partial charge in [0.15, 0.2) is 0 Å². The van der Waals surface area contributed by atoms with Crippen LogP contribution in [0.2, 0.25) is 10.0 Å². The summed E-state index contributed by atoms with van der Waals surface area (Å²) in [5.41, 5.74) is 0.361. The fourth-order valence-electron chi connectivity index (χ4n) is 2.94. The molecule has 1 heterocycles. The Bertz CT molecular complexity index is 923. The summed E-state index contributed by atoms with van der Waals surface area (Å²) >= 11 is 11.8. The normalized spacial score (nSPS) is 16.3. The summed E-state index contributed by atoms with van der Waals surface area (Å²) < 4.78 is 39.8. The number of carbonyl (C=O) groups excluding carboxylic acids is 1. The van der Waals surface area contributed by atoms with Gasteiger partial charge in [0.25, 0.3) is 5.91 Å². The molecule has 0 aliphatic carbocycles. The lowest BCUT2D eigenvalue weighted by molar-refractivity contribution is 0.0924. The second kappa shape index (κ2) is 8.14. The van der Waals surface area contributed by atoms with Gasteiger partial charge in [-0.3, -0.25) is 4.79 Å². The smallest absolute Gasteiger partial charge is 0.251 e. The Labute approximate surface area is 167 Å². The number of nitrogens with one attached hydrogen (secondary N) is 1. The van der Waals surface area contributed by atoms with Crippen molar-refractivity contribution in [1.29, 1.82) is 0 Å². The molecule has 1 fully saturated rings. The van der Waals surface area contributed by atoms with E-state index in [-0.39, 0.29) is 40.0 Å². The molecule has 2 aromatic carbocycles. The van der Waals surface area contributed by atoms with Crippen LogP contribution in [-0.2, 0) is 10.0 Å². The predicted molar refractivity (Wildman–Crippen MR) is 102 cm³/mol. The topological polar surface area (TPSA) is 66.5 Å². The minimum Gasteiger partial charge on any atom is -0.349 e. The number of carbonyl (C=O) groups is 1. The molecule has 1 saturated heterocycles. The second-order valence-corrected chi connectivity index (χ2v) is 9.07. The van der Waals surface area contributed by atoms with Crippen LogP contribution in [0.4, 0.5) is 4.39 Å². The second-order valence-electron chi connectivity index (χ2n) is 6.26. The lowest BCUT2D eigenvalue weighted by Crippen LogP contribution is -2.46. The molecule has 0 aromatic heterocycles. The first-order valence-electron chi connectivity index (χ1n) is 8.28. The van der Waals surface area contributed by atoms with Gasteiger partial charge >= 0.3 is 0 Å². The first-order valence-corrected chi connectivity index (χ1v) is 10.5. The molecule has 144 valence electrons. The van der Waals surface area contributed by atoms with Crippen molar-refractivity contribution in [3.8, 4) is 0 Å². The van der Waals surface area contributed by atoms with Crippen molar-refractivity contribution >= 4 is 39.1 Å². The van der Waals surface area contributed by atoms with Crippen LogP contribution in [0, 0.1) is 5.82 Å². The summed E-state index contributed by atoms with van der Waals surface area (Å²) in [6.45, 7) is 0.529. The molecule has 27 heavy (non-hydrogen) atoms. The van der Waals surface area contributed by atoms with E-state index in [1.54, 1.807) is 0 Å². The first-order chi connectivity index (χ1) is 12.8. The van der Waals surface area contributed by atoms with Gasteiger partial charge in [-0.25, -0.2) is 12.8 Å². The molecule has 1 N–H and O–H groups in total. The lowest BCUT2D eigenvalue weighted by Gasteiger charge is -2.31. The zero-order chi connectivity index (χ0) is 19.6. The average molecular weight is 431 g/mol. The quantitative estimate of drug-likeness (QED) is 0.803. The molecule has 5 nitrogen and oxygen atoms in total. The van der Waals surface area contributed by atoms with Crippen molar-refractivity contribution in [3.63, 3.8) is 0 Å². The Hall–Kier alpha value is -1.67. The highest BCUT2D eigenvalue weighted by Gasteiger charge is 2.30. The van der Waals surface area contributed by atoms with E-state index in [4.69, 9.17) is 23.2 Å². The van der Waals surface area contributed by atoms with Gasteiger partial charge in [0.05, 0.1) is 4.90 Å². The number of hydrogen-bond acceptors (Lipinski definition) is 3. The molecule has 9 heteroatoms. The van der Waals surface area contributed by atoms with E-state index in [0.717, 1.165) is 0 Å². The van der Waals surface area contributed by atoms with E-state index in [9.17, 15) is 17.6 Å². The van der Waals surface area contributed by atoms with Crippen LogP contribution in [0.3, 0.4) is 0 Å². The average Bonchev–Trinajstić information content (AvgIpc) is 2.62. The molecule has 1 amide bonds. The van der Waals surface area contributed by atoms with Gasteiger partial charge in [0.1, 0.15) is 5.82 Å². The van der Waals surface area contributed by atoms with Crippen molar-refractivity contribution in [2.45, 2.75) is 23.8 Å². The molecular formula is C18H17Cl2FN2O3S. The van der Waals surface area contributed by atoms with E-state index in [2.05, 4.69) is 5.32 Å². The zero-order valence-corrected chi connectivity index (χ0v) is 16.5. The van der Waals surface area contributed by atoms with Crippen molar-refractivity contribution in [1.82, 2.24) is 9.62 Å². The number of halogens is 3. The van der Waals surface area contributed by atoms with Crippen molar-refractivity contribution in [2.75, 3.05) is 13.1 Å². The van der Waals surface area contributed by atoms with Gasteiger partial charge in [-0.05, 0) is 55.3 Å². The first kappa shape index (κ1) is 20.1. The van der Waals surface area contributed by atoms with Gasteiger partial charge in [-0.15, -0.1) is 0 Å². The third-order valence-corrected chi connectivity index (χ3v) is 6.68. The minimum atomic E-state index is -3.71. The Balaban J connectivity index is 1.62. The third kappa shape index (κ3) is 4.79. The number of rotatable bonds is 4. The maximum Gasteiger partial charge on any atom is 0.251 e. The van der Waals surface area contributed by atoms with Crippen molar-refractivity contribution in [3.05, 3.63) is 63.9 Å². The Morgan fingerprint density at radius 2 is 1.59 bits per heavy atom. The van der Waals surface area contributed by atoms with Crippen LogP contribution in [0.5, 0.6) is 0 Å². The van der Waals surface area contributed by atoms with E-state index in [1.165, 1.54) is 46.8 Å². The minimum absolute atomic E-state index is 0.0498. The molecule has 0 saturated carbocycles. The van der Waals surface area contributed by atoms with Gasteiger partial charge in [0.2, 0.25) is 10.0 Å². The van der Waals surface area contributed by atoms with E-state index >= 15 is 0 Å². The monoisotopic (exact) mass is 430 g/mol. The Kier molecular flexibility index (Phi) is 6.05. The standard InChI is InChI=1S/C18H17Cl2FN2O3S/c19-13-9-14(20)11-17(10-13)27(25,26)23-7-5-16(6-8-23)22-18(24)12-1-3-15(21)4-2-12/h1-4,9-11,16H,5-8H2,(H,22,24). The highest BCUT2D eigenvalue weighted by molar-refractivity contribution is 7.89. The van der Waals surface area contributed by atoms with Crippen LogP contribution in [-0.4, -0.2) is 37.8 Å². The summed E-state index contributed by atoms with van der Waals surface area (Å²) in [6, 6.07) is 9.31. The molecule has 3 rings (SSSR count). The third-order valence-electron chi connectivity index (χ3n) is 4.37. The van der Waals surface area contributed by atoms with Gasteiger partial charge in [-0.1, -0.05) is 23.2 Å². The molecule has 0 bridgehead atoms. The molecule has 0 atom stereocenters. The number of nitrogens with zero attached hydrogens (tertiary/aromatic N) is 1. The summed E-state index contributed by atoms with van der Waals surface area (Å²) in [7, 11) is -3.71. The number of amides is 1. The molecule has 1 aliphatic heterocycles. The van der Waals surface area contributed by atoms with Crippen molar-refractivity contribution < 1.29 is 17.6 Å². The Morgan fingerprint density at radius 3 is 2.15 bits per heavy atom. The van der Waals surface area contributed by atoms with Gasteiger partial charge < -0.3 is 5.32 Å². The van der Waals surface area contributed by atoms with Crippen LogP contribution in [0.1, 0.15) is 23.2 Å².